The van der Waals surface area contributed by atoms with Gasteiger partial charge in [0.15, 0.2) is 0 Å². The van der Waals surface area contributed by atoms with E-state index >= 15 is 0 Å². The molecule has 0 unspecified atom stereocenters. The third-order valence-electron chi connectivity index (χ3n) is 1.22. The molecule has 0 saturated carbocycles. The lowest BCUT2D eigenvalue weighted by Gasteiger charge is -2.19. The second-order valence-electron chi connectivity index (χ2n) is 4.61. The fraction of sp³-hybridized carbons (Fsp3) is 0.833. The number of nitrogens with two attached hydrogens (primary N) is 1. The Labute approximate surface area is 98.5 Å². The molecule has 0 atom stereocenters. The van der Waals surface area contributed by atoms with Crippen LogP contribution in [0.5, 0.6) is 0 Å². The number of ether oxygens (including phenoxy) is 1. The molecule has 0 aromatic heterocycles. The number of primary amides is 1. The molecule has 0 aliphatic carbocycles. The van der Waals surface area contributed by atoms with Gasteiger partial charge in [-0.3, -0.25) is 9.59 Å². The van der Waals surface area contributed by atoms with Crippen LogP contribution in [0.2, 0.25) is 0 Å². The number of esters is 1. The van der Waals surface area contributed by atoms with Gasteiger partial charge in [0.05, 0.1) is 0 Å². The molecular weight excluding hydrogens is 206 g/mol. The standard InChI is InChI=1S/C9H17NO3.C3H8/c1-9(2,3)13-8(12)6-4-5-7(10)11;1-3-2/h4-6H2,1-3H3,(H2,10,11);3H2,1-2H3. The molecule has 0 bridgehead atoms. The lowest BCUT2D eigenvalue weighted by Crippen LogP contribution is -2.24. The van der Waals surface area contributed by atoms with E-state index in [1.165, 1.54) is 6.42 Å². The van der Waals surface area contributed by atoms with Crippen molar-refractivity contribution in [3.8, 4) is 0 Å². The zero-order valence-electron chi connectivity index (χ0n) is 11.1. The molecule has 4 heteroatoms. The maximum Gasteiger partial charge on any atom is 0.306 e. The predicted octanol–water partition coefficient (Wildman–Crippen LogP) is 2.40. The van der Waals surface area contributed by atoms with Crippen molar-refractivity contribution < 1.29 is 14.3 Å². The quantitative estimate of drug-likeness (QED) is 0.755. The van der Waals surface area contributed by atoms with Gasteiger partial charge in [0, 0.05) is 12.8 Å². The summed E-state index contributed by atoms with van der Waals surface area (Å²) in [5, 5.41) is 0. The maximum atomic E-state index is 11.1. The highest BCUT2D eigenvalue weighted by Gasteiger charge is 2.15. The van der Waals surface area contributed by atoms with Crippen LogP contribution in [0.25, 0.3) is 0 Å². The number of carbonyl (C=O) groups excluding carboxylic acids is 2. The molecule has 0 aromatic carbocycles. The van der Waals surface area contributed by atoms with Crippen LogP contribution in [-0.4, -0.2) is 17.5 Å². The number of rotatable bonds is 4. The molecular formula is C12H25NO3. The minimum atomic E-state index is -0.455. The molecule has 0 rings (SSSR count). The predicted molar refractivity (Wildman–Crippen MR) is 64.9 cm³/mol. The largest absolute Gasteiger partial charge is 0.460 e. The van der Waals surface area contributed by atoms with Crippen molar-refractivity contribution in [1.82, 2.24) is 0 Å². The minimum Gasteiger partial charge on any atom is -0.460 e. The Kier molecular flexibility index (Phi) is 9.96. The summed E-state index contributed by atoms with van der Waals surface area (Å²) in [7, 11) is 0. The maximum absolute atomic E-state index is 11.1. The Hall–Kier alpha value is -1.06. The van der Waals surface area contributed by atoms with Crippen LogP contribution >= 0.6 is 0 Å². The molecule has 0 aliphatic rings. The highest BCUT2D eigenvalue weighted by molar-refractivity contribution is 5.75. The smallest absolute Gasteiger partial charge is 0.306 e. The fourth-order valence-corrected chi connectivity index (χ4v) is 0.799. The number of amides is 1. The van der Waals surface area contributed by atoms with Gasteiger partial charge >= 0.3 is 5.97 Å². The van der Waals surface area contributed by atoms with Crippen molar-refractivity contribution in [3.05, 3.63) is 0 Å². The molecule has 96 valence electrons. The molecule has 0 aliphatic heterocycles. The van der Waals surface area contributed by atoms with Crippen molar-refractivity contribution in [1.29, 1.82) is 0 Å². The Bertz CT molecular complexity index is 207. The fourth-order valence-electron chi connectivity index (χ4n) is 0.799. The van der Waals surface area contributed by atoms with E-state index < -0.39 is 5.60 Å². The number of hydrogen-bond donors (Lipinski definition) is 1. The zero-order valence-corrected chi connectivity index (χ0v) is 11.1. The van der Waals surface area contributed by atoms with Crippen LogP contribution in [0.3, 0.4) is 0 Å². The summed E-state index contributed by atoms with van der Waals surface area (Å²) in [5.74, 6) is -0.669. The van der Waals surface area contributed by atoms with Crippen molar-refractivity contribution in [2.24, 2.45) is 5.73 Å². The van der Waals surface area contributed by atoms with E-state index in [1.54, 1.807) is 20.8 Å². The van der Waals surface area contributed by atoms with Crippen molar-refractivity contribution in [2.45, 2.75) is 65.9 Å². The molecule has 16 heavy (non-hydrogen) atoms. The molecule has 0 radical (unpaired) electrons. The van der Waals surface area contributed by atoms with Crippen LogP contribution in [0.1, 0.15) is 60.3 Å². The summed E-state index contributed by atoms with van der Waals surface area (Å²) in [6.07, 6.45) is 2.20. The first kappa shape index (κ1) is 17.3. The van der Waals surface area contributed by atoms with Gasteiger partial charge in [0.25, 0.3) is 0 Å². The average Bonchev–Trinajstić information content (AvgIpc) is 2.00. The average molecular weight is 231 g/mol. The van der Waals surface area contributed by atoms with Gasteiger partial charge in [-0.25, -0.2) is 0 Å². The summed E-state index contributed by atoms with van der Waals surface area (Å²) in [5.41, 5.74) is 4.46. The lowest BCUT2D eigenvalue weighted by atomic mass is 10.2. The van der Waals surface area contributed by atoms with Crippen LogP contribution < -0.4 is 5.73 Å². The van der Waals surface area contributed by atoms with Crippen molar-refractivity contribution >= 4 is 11.9 Å². The number of hydrogen-bond acceptors (Lipinski definition) is 3. The van der Waals surface area contributed by atoms with Crippen molar-refractivity contribution in [2.75, 3.05) is 0 Å². The first-order chi connectivity index (χ1) is 7.22. The van der Waals surface area contributed by atoms with Crippen LogP contribution in [0, 0.1) is 0 Å². The van der Waals surface area contributed by atoms with E-state index in [-0.39, 0.29) is 24.7 Å². The SMILES string of the molecule is CC(C)(C)OC(=O)CCCC(N)=O.CCC. The lowest BCUT2D eigenvalue weighted by molar-refractivity contribution is -0.154. The second-order valence-corrected chi connectivity index (χ2v) is 4.61. The van der Waals surface area contributed by atoms with E-state index in [0.717, 1.165) is 0 Å². The van der Waals surface area contributed by atoms with Crippen LogP contribution in [0.4, 0.5) is 0 Å². The number of carbonyl (C=O) groups is 2. The zero-order chi connectivity index (χ0) is 13.2. The van der Waals surface area contributed by atoms with Gasteiger partial charge in [0.1, 0.15) is 5.60 Å². The van der Waals surface area contributed by atoms with Gasteiger partial charge in [0.2, 0.25) is 5.91 Å². The van der Waals surface area contributed by atoms with Crippen LogP contribution in [-0.2, 0) is 14.3 Å². The minimum absolute atomic E-state index is 0.235. The van der Waals surface area contributed by atoms with E-state index in [1.807, 2.05) is 0 Å². The van der Waals surface area contributed by atoms with Crippen LogP contribution in [0.15, 0.2) is 0 Å². The second kappa shape index (κ2) is 9.19. The molecule has 0 fully saturated rings. The Morgan fingerprint density at radius 3 is 1.88 bits per heavy atom. The van der Waals surface area contributed by atoms with E-state index in [4.69, 9.17) is 10.5 Å². The van der Waals surface area contributed by atoms with Gasteiger partial charge < -0.3 is 10.5 Å². The van der Waals surface area contributed by atoms with Crippen molar-refractivity contribution in [3.63, 3.8) is 0 Å². The molecule has 0 spiro atoms. The summed E-state index contributed by atoms with van der Waals surface area (Å²) in [4.78, 5) is 21.4. The van der Waals surface area contributed by atoms with Gasteiger partial charge in [-0.2, -0.15) is 0 Å². The summed E-state index contributed by atoms with van der Waals surface area (Å²) in [6, 6.07) is 0. The summed E-state index contributed by atoms with van der Waals surface area (Å²) < 4.78 is 5.03. The molecule has 0 heterocycles. The molecule has 4 nitrogen and oxygen atoms in total. The Morgan fingerprint density at radius 2 is 1.56 bits per heavy atom. The van der Waals surface area contributed by atoms with Gasteiger partial charge in [-0.15, -0.1) is 0 Å². The molecule has 1 amide bonds. The molecule has 0 saturated heterocycles. The Morgan fingerprint density at radius 1 is 1.12 bits per heavy atom. The highest BCUT2D eigenvalue weighted by atomic mass is 16.6. The van der Waals surface area contributed by atoms with E-state index in [0.29, 0.717) is 6.42 Å². The third kappa shape index (κ3) is 18.7. The van der Waals surface area contributed by atoms with E-state index in [9.17, 15) is 9.59 Å². The first-order valence-corrected chi connectivity index (χ1v) is 5.73. The molecule has 2 N–H and O–H groups in total. The normalized spacial score (nSPS) is 10.1. The highest BCUT2D eigenvalue weighted by Crippen LogP contribution is 2.09. The summed E-state index contributed by atoms with van der Waals surface area (Å²) >= 11 is 0. The summed E-state index contributed by atoms with van der Waals surface area (Å²) in [6.45, 7) is 9.66. The topological polar surface area (TPSA) is 69.4 Å². The monoisotopic (exact) mass is 231 g/mol. The third-order valence-corrected chi connectivity index (χ3v) is 1.22. The van der Waals surface area contributed by atoms with Gasteiger partial charge in [-0.05, 0) is 27.2 Å². The first-order valence-electron chi connectivity index (χ1n) is 5.73. The van der Waals surface area contributed by atoms with E-state index in [2.05, 4.69) is 13.8 Å². The molecule has 0 aromatic rings. The van der Waals surface area contributed by atoms with Gasteiger partial charge in [-0.1, -0.05) is 20.3 Å². The Balaban J connectivity index is 0.